The SMILES string of the molecule is CCC(CSC)N1CCC(NC(C)C)C1=O. The number of amides is 1. The summed E-state index contributed by atoms with van der Waals surface area (Å²) >= 11 is 1.82. The second-order valence-corrected chi connectivity index (χ2v) is 5.62. The molecule has 2 atom stereocenters. The van der Waals surface area contributed by atoms with Crippen LogP contribution in [0.4, 0.5) is 0 Å². The predicted octanol–water partition coefficient (Wildman–Crippen LogP) is 1.73. The lowest BCUT2D eigenvalue weighted by molar-refractivity contribution is -0.131. The van der Waals surface area contributed by atoms with Crippen LogP contribution in [-0.4, -0.2) is 47.5 Å². The van der Waals surface area contributed by atoms with Gasteiger partial charge in [0.1, 0.15) is 0 Å². The van der Waals surface area contributed by atoms with Gasteiger partial charge in [0.05, 0.1) is 6.04 Å². The largest absolute Gasteiger partial charge is 0.337 e. The Hall–Kier alpha value is -0.220. The molecule has 0 aromatic heterocycles. The molecule has 0 bridgehead atoms. The van der Waals surface area contributed by atoms with Gasteiger partial charge in [-0.3, -0.25) is 4.79 Å². The third-order valence-electron chi connectivity index (χ3n) is 3.05. The maximum Gasteiger partial charge on any atom is 0.240 e. The minimum atomic E-state index is 0.0518. The smallest absolute Gasteiger partial charge is 0.240 e. The fourth-order valence-corrected chi connectivity index (χ4v) is 3.04. The van der Waals surface area contributed by atoms with Crippen molar-refractivity contribution in [3.63, 3.8) is 0 Å². The summed E-state index contributed by atoms with van der Waals surface area (Å²) in [7, 11) is 0. The number of nitrogens with zero attached hydrogens (tertiary/aromatic N) is 1. The summed E-state index contributed by atoms with van der Waals surface area (Å²) in [5.74, 6) is 1.35. The molecule has 1 amide bonds. The third-order valence-corrected chi connectivity index (χ3v) is 3.76. The molecule has 16 heavy (non-hydrogen) atoms. The van der Waals surface area contributed by atoms with Gasteiger partial charge < -0.3 is 10.2 Å². The first kappa shape index (κ1) is 13.8. The first-order valence-corrected chi connectivity index (χ1v) is 7.55. The topological polar surface area (TPSA) is 32.3 Å². The highest BCUT2D eigenvalue weighted by molar-refractivity contribution is 7.98. The second kappa shape index (κ2) is 6.50. The predicted molar refractivity (Wildman–Crippen MR) is 70.9 cm³/mol. The molecule has 1 heterocycles. The van der Waals surface area contributed by atoms with Crippen molar-refractivity contribution in [1.82, 2.24) is 10.2 Å². The Morgan fingerprint density at radius 1 is 1.56 bits per heavy atom. The van der Waals surface area contributed by atoms with Crippen LogP contribution >= 0.6 is 11.8 Å². The van der Waals surface area contributed by atoms with Gasteiger partial charge in [-0.15, -0.1) is 0 Å². The van der Waals surface area contributed by atoms with E-state index < -0.39 is 0 Å². The summed E-state index contributed by atoms with van der Waals surface area (Å²) in [4.78, 5) is 14.2. The van der Waals surface area contributed by atoms with Crippen LogP contribution in [0.15, 0.2) is 0 Å². The van der Waals surface area contributed by atoms with E-state index in [1.54, 1.807) is 0 Å². The summed E-state index contributed by atoms with van der Waals surface area (Å²) < 4.78 is 0. The molecule has 3 nitrogen and oxygen atoms in total. The van der Waals surface area contributed by atoms with Crippen molar-refractivity contribution in [3.05, 3.63) is 0 Å². The van der Waals surface area contributed by atoms with Crippen LogP contribution in [0.3, 0.4) is 0 Å². The van der Waals surface area contributed by atoms with Crippen LogP contribution in [0.2, 0.25) is 0 Å². The average Bonchev–Trinajstić information content (AvgIpc) is 2.57. The van der Waals surface area contributed by atoms with Crippen molar-refractivity contribution < 1.29 is 4.79 Å². The zero-order valence-corrected chi connectivity index (χ0v) is 11.6. The van der Waals surface area contributed by atoms with Crippen molar-refractivity contribution in [3.8, 4) is 0 Å². The van der Waals surface area contributed by atoms with E-state index in [1.807, 2.05) is 11.8 Å². The molecule has 94 valence electrons. The van der Waals surface area contributed by atoms with Gasteiger partial charge in [0.2, 0.25) is 5.91 Å². The number of rotatable bonds is 6. The maximum absolute atomic E-state index is 12.2. The fraction of sp³-hybridized carbons (Fsp3) is 0.917. The van der Waals surface area contributed by atoms with Gasteiger partial charge in [-0.1, -0.05) is 20.8 Å². The highest BCUT2D eigenvalue weighted by Crippen LogP contribution is 2.19. The van der Waals surface area contributed by atoms with Crippen LogP contribution in [0, 0.1) is 0 Å². The Labute approximate surface area is 103 Å². The van der Waals surface area contributed by atoms with Crippen molar-refractivity contribution in [1.29, 1.82) is 0 Å². The average molecular weight is 244 g/mol. The first-order valence-electron chi connectivity index (χ1n) is 6.15. The van der Waals surface area contributed by atoms with Gasteiger partial charge in [-0.2, -0.15) is 11.8 Å². The Morgan fingerprint density at radius 2 is 2.25 bits per heavy atom. The molecule has 1 saturated heterocycles. The molecule has 1 aliphatic heterocycles. The number of carbonyl (C=O) groups is 1. The van der Waals surface area contributed by atoms with Gasteiger partial charge >= 0.3 is 0 Å². The lowest BCUT2D eigenvalue weighted by Crippen LogP contribution is -2.45. The van der Waals surface area contributed by atoms with Crippen LogP contribution < -0.4 is 5.32 Å². The summed E-state index contributed by atoms with van der Waals surface area (Å²) in [6, 6.07) is 0.854. The van der Waals surface area contributed by atoms with Gasteiger partial charge in [0.15, 0.2) is 0 Å². The summed E-state index contributed by atoms with van der Waals surface area (Å²) in [5, 5.41) is 3.34. The van der Waals surface area contributed by atoms with Crippen LogP contribution in [0.5, 0.6) is 0 Å². The molecule has 1 fully saturated rings. The highest BCUT2D eigenvalue weighted by atomic mass is 32.2. The number of hydrogen-bond acceptors (Lipinski definition) is 3. The van der Waals surface area contributed by atoms with Gasteiger partial charge in [-0.25, -0.2) is 0 Å². The van der Waals surface area contributed by atoms with E-state index in [1.165, 1.54) is 0 Å². The molecular formula is C12H24N2OS. The molecular weight excluding hydrogens is 220 g/mol. The molecule has 4 heteroatoms. The molecule has 0 spiro atoms. The lowest BCUT2D eigenvalue weighted by Gasteiger charge is -2.27. The van der Waals surface area contributed by atoms with Gasteiger partial charge in [0.25, 0.3) is 0 Å². The van der Waals surface area contributed by atoms with Crippen LogP contribution in [0.25, 0.3) is 0 Å². The number of thioether (sulfide) groups is 1. The standard InChI is InChI=1S/C12H24N2OS/c1-5-10(8-16-4)14-7-6-11(12(14)15)13-9(2)3/h9-11,13H,5-8H2,1-4H3. The highest BCUT2D eigenvalue weighted by Gasteiger charge is 2.34. The van der Waals surface area contributed by atoms with E-state index in [0.29, 0.717) is 18.0 Å². The lowest BCUT2D eigenvalue weighted by atomic mass is 10.2. The number of carbonyl (C=O) groups excluding carboxylic acids is 1. The molecule has 1 aliphatic rings. The Kier molecular flexibility index (Phi) is 5.62. The van der Waals surface area contributed by atoms with E-state index >= 15 is 0 Å². The van der Waals surface area contributed by atoms with E-state index in [2.05, 4.69) is 37.2 Å². The van der Waals surface area contributed by atoms with Crippen molar-refractivity contribution >= 4 is 17.7 Å². The Morgan fingerprint density at radius 3 is 2.75 bits per heavy atom. The van der Waals surface area contributed by atoms with Gasteiger partial charge in [0, 0.05) is 24.4 Å². The van der Waals surface area contributed by atoms with E-state index in [4.69, 9.17) is 0 Å². The molecule has 1 N–H and O–H groups in total. The van der Waals surface area contributed by atoms with E-state index in [-0.39, 0.29) is 6.04 Å². The van der Waals surface area contributed by atoms with Crippen molar-refractivity contribution in [2.75, 3.05) is 18.6 Å². The molecule has 2 unspecified atom stereocenters. The molecule has 1 rings (SSSR count). The quantitative estimate of drug-likeness (QED) is 0.772. The summed E-state index contributed by atoms with van der Waals surface area (Å²) in [6.07, 6.45) is 4.12. The number of likely N-dealkylation sites (tertiary alicyclic amines) is 1. The monoisotopic (exact) mass is 244 g/mol. The first-order chi connectivity index (χ1) is 7.60. The number of hydrogen-bond donors (Lipinski definition) is 1. The molecule has 0 aromatic rings. The maximum atomic E-state index is 12.2. The van der Waals surface area contributed by atoms with E-state index in [9.17, 15) is 4.79 Å². The normalized spacial score (nSPS) is 23.2. The molecule has 0 radical (unpaired) electrons. The Balaban J connectivity index is 2.54. The Bertz CT molecular complexity index is 233. The minimum absolute atomic E-state index is 0.0518. The third kappa shape index (κ3) is 3.39. The number of nitrogens with one attached hydrogen (secondary N) is 1. The second-order valence-electron chi connectivity index (χ2n) is 4.71. The summed E-state index contributed by atoms with van der Waals surface area (Å²) in [5.41, 5.74) is 0. The zero-order chi connectivity index (χ0) is 12.1. The summed E-state index contributed by atoms with van der Waals surface area (Å²) in [6.45, 7) is 7.27. The fourth-order valence-electron chi connectivity index (χ4n) is 2.24. The van der Waals surface area contributed by atoms with Crippen molar-refractivity contribution in [2.24, 2.45) is 0 Å². The van der Waals surface area contributed by atoms with E-state index in [0.717, 1.165) is 25.1 Å². The van der Waals surface area contributed by atoms with Gasteiger partial charge in [-0.05, 0) is 19.1 Å². The van der Waals surface area contributed by atoms with Crippen LogP contribution in [0.1, 0.15) is 33.6 Å². The molecule has 0 aromatic carbocycles. The minimum Gasteiger partial charge on any atom is -0.337 e. The van der Waals surface area contributed by atoms with Crippen molar-refractivity contribution in [2.45, 2.75) is 51.7 Å². The zero-order valence-electron chi connectivity index (χ0n) is 10.8. The van der Waals surface area contributed by atoms with Crippen LogP contribution in [-0.2, 0) is 4.79 Å². The molecule has 0 saturated carbocycles. The molecule has 0 aliphatic carbocycles.